The monoisotopic (exact) mass is 260 g/mol. The SMILES string of the molecule is NC(=O)c1cc2[nH]c3ccccc3c2c2ccccc12. The molecule has 4 aromatic rings. The average molecular weight is 260 g/mol. The number of para-hydroxylation sites is 1. The van der Waals surface area contributed by atoms with Crippen molar-refractivity contribution >= 4 is 38.5 Å². The van der Waals surface area contributed by atoms with E-state index in [1.807, 2.05) is 48.5 Å². The lowest BCUT2D eigenvalue weighted by Crippen LogP contribution is -2.11. The van der Waals surface area contributed by atoms with Gasteiger partial charge in [0.05, 0.1) is 0 Å². The smallest absolute Gasteiger partial charge is 0.249 e. The van der Waals surface area contributed by atoms with E-state index in [1.54, 1.807) is 0 Å². The Balaban J connectivity index is 2.34. The maximum absolute atomic E-state index is 11.7. The minimum absolute atomic E-state index is 0.401. The van der Waals surface area contributed by atoms with Gasteiger partial charge in [0.15, 0.2) is 0 Å². The number of hydrogen-bond donors (Lipinski definition) is 2. The van der Waals surface area contributed by atoms with Crippen molar-refractivity contribution in [3.63, 3.8) is 0 Å². The van der Waals surface area contributed by atoms with Gasteiger partial charge in [-0.15, -0.1) is 0 Å². The minimum atomic E-state index is -0.401. The summed E-state index contributed by atoms with van der Waals surface area (Å²) in [6, 6.07) is 17.9. The molecule has 1 heterocycles. The quantitative estimate of drug-likeness (QED) is 0.540. The van der Waals surface area contributed by atoms with Crippen LogP contribution in [0.3, 0.4) is 0 Å². The Morgan fingerprint density at radius 3 is 2.25 bits per heavy atom. The largest absolute Gasteiger partial charge is 0.366 e. The Kier molecular flexibility index (Phi) is 2.12. The average Bonchev–Trinajstić information content (AvgIpc) is 2.84. The number of fused-ring (bicyclic) bond motifs is 5. The van der Waals surface area contributed by atoms with Crippen LogP contribution >= 0.6 is 0 Å². The highest BCUT2D eigenvalue weighted by molar-refractivity contribution is 6.24. The fraction of sp³-hybridized carbons (Fsp3) is 0. The predicted octanol–water partition coefficient (Wildman–Crippen LogP) is 3.57. The molecule has 20 heavy (non-hydrogen) atoms. The summed E-state index contributed by atoms with van der Waals surface area (Å²) in [5, 5.41) is 4.25. The molecule has 0 saturated heterocycles. The molecule has 0 fully saturated rings. The molecular formula is C17H12N2O. The van der Waals surface area contributed by atoms with Crippen molar-refractivity contribution in [1.82, 2.24) is 4.98 Å². The Bertz CT molecular complexity index is 982. The van der Waals surface area contributed by atoms with Gasteiger partial charge in [-0.05, 0) is 22.9 Å². The second-order valence-corrected chi connectivity index (χ2v) is 4.93. The number of nitrogens with one attached hydrogen (secondary N) is 1. The number of aromatic amines is 1. The first-order valence-electron chi connectivity index (χ1n) is 6.47. The van der Waals surface area contributed by atoms with E-state index < -0.39 is 5.91 Å². The van der Waals surface area contributed by atoms with Crippen molar-refractivity contribution < 1.29 is 4.79 Å². The van der Waals surface area contributed by atoms with Crippen LogP contribution in [0.15, 0.2) is 54.6 Å². The minimum Gasteiger partial charge on any atom is -0.366 e. The summed E-state index contributed by atoms with van der Waals surface area (Å²) in [7, 11) is 0. The van der Waals surface area contributed by atoms with Crippen LogP contribution in [0, 0.1) is 0 Å². The number of hydrogen-bond acceptors (Lipinski definition) is 1. The Morgan fingerprint density at radius 2 is 1.50 bits per heavy atom. The van der Waals surface area contributed by atoms with Crippen molar-refractivity contribution in [2.45, 2.75) is 0 Å². The second kappa shape index (κ2) is 3.84. The Hall–Kier alpha value is -2.81. The molecule has 4 rings (SSSR count). The highest BCUT2D eigenvalue weighted by Gasteiger charge is 2.13. The summed E-state index contributed by atoms with van der Waals surface area (Å²) in [6.45, 7) is 0. The van der Waals surface area contributed by atoms with Crippen LogP contribution in [0.4, 0.5) is 0 Å². The molecule has 0 unspecified atom stereocenters. The van der Waals surface area contributed by atoms with Crippen LogP contribution in [0.1, 0.15) is 10.4 Å². The molecule has 3 aromatic carbocycles. The lowest BCUT2D eigenvalue weighted by molar-refractivity contribution is 0.100. The Labute approximate surface area is 115 Å². The molecule has 0 aliphatic heterocycles. The van der Waals surface area contributed by atoms with Crippen LogP contribution in [0.2, 0.25) is 0 Å². The first kappa shape index (κ1) is 11.1. The standard InChI is InChI=1S/C17H12N2O/c18-17(20)13-9-15-16(11-6-2-1-5-10(11)13)12-7-3-4-8-14(12)19-15/h1-9,19H,(H2,18,20). The number of rotatable bonds is 1. The van der Waals surface area contributed by atoms with Crippen molar-refractivity contribution in [1.29, 1.82) is 0 Å². The van der Waals surface area contributed by atoms with Gasteiger partial charge in [-0.3, -0.25) is 4.79 Å². The maximum atomic E-state index is 11.7. The molecular weight excluding hydrogens is 248 g/mol. The fourth-order valence-corrected chi connectivity index (χ4v) is 2.92. The van der Waals surface area contributed by atoms with Gasteiger partial charge in [-0.2, -0.15) is 0 Å². The van der Waals surface area contributed by atoms with E-state index in [0.29, 0.717) is 5.56 Å². The number of primary amides is 1. The first-order valence-corrected chi connectivity index (χ1v) is 6.47. The molecule has 0 radical (unpaired) electrons. The van der Waals surface area contributed by atoms with E-state index in [-0.39, 0.29) is 0 Å². The summed E-state index contributed by atoms with van der Waals surface area (Å²) < 4.78 is 0. The molecule has 0 bridgehead atoms. The zero-order valence-electron chi connectivity index (χ0n) is 10.7. The number of carbonyl (C=O) groups is 1. The van der Waals surface area contributed by atoms with Crippen molar-refractivity contribution in [2.24, 2.45) is 5.73 Å². The summed E-state index contributed by atoms with van der Waals surface area (Å²) in [4.78, 5) is 15.0. The van der Waals surface area contributed by atoms with E-state index >= 15 is 0 Å². The van der Waals surface area contributed by atoms with Gasteiger partial charge < -0.3 is 10.7 Å². The summed E-state index contributed by atoms with van der Waals surface area (Å²) in [6.07, 6.45) is 0. The first-order chi connectivity index (χ1) is 9.75. The van der Waals surface area contributed by atoms with Gasteiger partial charge in [0.2, 0.25) is 5.91 Å². The van der Waals surface area contributed by atoms with Gasteiger partial charge in [-0.1, -0.05) is 42.5 Å². The van der Waals surface area contributed by atoms with E-state index in [4.69, 9.17) is 5.73 Å². The van der Waals surface area contributed by atoms with Crippen LogP contribution in [0.5, 0.6) is 0 Å². The van der Waals surface area contributed by atoms with Crippen molar-refractivity contribution in [3.05, 3.63) is 60.2 Å². The lowest BCUT2D eigenvalue weighted by atomic mass is 9.99. The van der Waals surface area contributed by atoms with Crippen LogP contribution in [-0.2, 0) is 0 Å². The molecule has 1 aromatic heterocycles. The Morgan fingerprint density at radius 1 is 0.850 bits per heavy atom. The zero-order valence-corrected chi connectivity index (χ0v) is 10.7. The van der Waals surface area contributed by atoms with E-state index in [1.165, 1.54) is 0 Å². The molecule has 0 saturated carbocycles. The molecule has 3 heteroatoms. The predicted molar refractivity (Wildman–Crippen MR) is 81.8 cm³/mol. The van der Waals surface area contributed by atoms with Gasteiger partial charge in [0.25, 0.3) is 0 Å². The van der Waals surface area contributed by atoms with Crippen LogP contribution in [-0.4, -0.2) is 10.9 Å². The van der Waals surface area contributed by atoms with Gasteiger partial charge in [0, 0.05) is 27.4 Å². The summed E-state index contributed by atoms with van der Waals surface area (Å²) in [5.41, 5.74) is 8.07. The number of nitrogens with two attached hydrogens (primary N) is 1. The molecule has 0 aliphatic rings. The highest BCUT2D eigenvalue weighted by atomic mass is 16.1. The number of aromatic nitrogens is 1. The normalized spacial score (nSPS) is 11.4. The molecule has 3 N–H and O–H groups in total. The summed E-state index contributed by atoms with van der Waals surface area (Å²) >= 11 is 0. The van der Waals surface area contributed by atoms with E-state index in [2.05, 4.69) is 11.1 Å². The maximum Gasteiger partial charge on any atom is 0.249 e. The molecule has 0 aliphatic carbocycles. The van der Waals surface area contributed by atoms with Crippen molar-refractivity contribution in [3.8, 4) is 0 Å². The molecule has 3 nitrogen and oxygen atoms in total. The number of benzene rings is 3. The lowest BCUT2D eigenvalue weighted by Gasteiger charge is -2.05. The van der Waals surface area contributed by atoms with E-state index in [0.717, 1.165) is 32.6 Å². The highest BCUT2D eigenvalue weighted by Crippen LogP contribution is 2.33. The number of carbonyl (C=O) groups excluding carboxylic acids is 1. The topological polar surface area (TPSA) is 58.9 Å². The molecule has 96 valence electrons. The van der Waals surface area contributed by atoms with Crippen LogP contribution in [0.25, 0.3) is 32.6 Å². The second-order valence-electron chi connectivity index (χ2n) is 4.93. The molecule has 0 atom stereocenters. The number of amides is 1. The van der Waals surface area contributed by atoms with Gasteiger partial charge in [-0.25, -0.2) is 0 Å². The third-order valence-electron chi connectivity index (χ3n) is 3.78. The third kappa shape index (κ3) is 1.37. The number of H-pyrrole nitrogens is 1. The fourth-order valence-electron chi connectivity index (χ4n) is 2.92. The van der Waals surface area contributed by atoms with Gasteiger partial charge in [0.1, 0.15) is 0 Å². The van der Waals surface area contributed by atoms with Crippen LogP contribution < -0.4 is 5.73 Å². The van der Waals surface area contributed by atoms with Crippen molar-refractivity contribution in [2.75, 3.05) is 0 Å². The van der Waals surface area contributed by atoms with E-state index in [9.17, 15) is 4.79 Å². The summed E-state index contributed by atoms with van der Waals surface area (Å²) in [5.74, 6) is -0.401. The van der Waals surface area contributed by atoms with Gasteiger partial charge >= 0.3 is 0 Å². The third-order valence-corrected chi connectivity index (χ3v) is 3.78. The molecule has 0 spiro atoms. The zero-order chi connectivity index (χ0) is 13.7. The molecule has 1 amide bonds.